The predicted octanol–water partition coefficient (Wildman–Crippen LogP) is 3.15. The topological polar surface area (TPSA) is 59.9 Å². The Morgan fingerprint density at radius 3 is 2.65 bits per heavy atom. The van der Waals surface area contributed by atoms with Gasteiger partial charge in [-0.1, -0.05) is 13.3 Å². The van der Waals surface area contributed by atoms with E-state index in [-0.39, 0.29) is 0 Å². The minimum absolute atomic E-state index is 0.585. The maximum atomic E-state index is 5.07. The molecule has 0 bridgehead atoms. The molecule has 106 valence electrons. The zero-order valence-corrected chi connectivity index (χ0v) is 13.9. The van der Waals surface area contributed by atoms with Gasteiger partial charge in [0.05, 0.1) is 16.4 Å². The van der Waals surface area contributed by atoms with Crippen molar-refractivity contribution in [1.29, 1.82) is 0 Å². The SMILES string of the molecule is CCCc1nc(-c2ccc(OC)nc2)nc(NC)c1I. The number of anilines is 1. The number of aryl methyl sites for hydroxylation is 1. The van der Waals surface area contributed by atoms with Gasteiger partial charge in [0.25, 0.3) is 0 Å². The van der Waals surface area contributed by atoms with Crippen molar-refractivity contribution >= 4 is 28.4 Å². The van der Waals surface area contributed by atoms with Crippen LogP contribution < -0.4 is 10.1 Å². The Bertz CT molecular complexity index is 586. The number of ether oxygens (including phenoxy) is 1. The van der Waals surface area contributed by atoms with E-state index in [1.807, 2.05) is 19.2 Å². The molecule has 2 heterocycles. The molecule has 5 nitrogen and oxygen atoms in total. The van der Waals surface area contributed by atoms with E-state index in [1.165, 1.54) is 0 Å². The Morgan fingerprint density at radius 1 is 1.30 bits per heavy atom. The van der Waals surface area contributed by atoms with E-state index in [9.17, 15) is 0 Å². The molecule has 2 aromatic heterocycles. The fraction of sp³-hybridized carbons (Fsp3) is 0.357. The molecule has 0 aliphatic carbocycles. The van der Waals surface area contributed by atoms with Gasteiger partial charge >= 0.3 is 0 Å². The molecule has 0 saturated heterocycles. The number of hydrogen-bond donors (Lipinski definition) is 1. The summed E-state index contributed by atoms with van der Waals surface area (Å²) in [6.07, 6.45) is 3.72. The molecule has 2 rings (SSSR count). The van der Waals surface area contributed by atoms with Crippen molar-refractivity contribution in [3.63, 3.8) is 0 Å². The first kappa shape index (κ1) is 15.0. The zero-order chi connectivity index (χ0) is 14.5. The first-order chi connectivity index (χ1) is 9.69. The van der Waals surface area contributed by atoms with Crippen LogP contribution in [0.1, 0.15) is 19.0 Å². The van der Waals surface area contributed by atoms with Crippen molar-refractivity contribution in [2.45, 2.75) is 19.8 Å². The van der Waals surface area contributed by atoms with Crippen LogP contribution in [0.2, 0.25) is 0 Å². The second kappa shape index (κ2) is 6.83. The number of nitrogens with zero attached hydrogens (tertiary/aromatic N) is 3. The highest BCUT2D eigenvalue weighted by Gasteiger charge is 2.12. The van der Waals surface area contributed by atoms with Crippen molar-refractivity contribution in [2.75, 3.05) is 19.5 Å². The number of halogens is 1. The standard InChI is InChI=1S/C14H17IN4O/c1-4-5-10-12(15)14(16-2)19-13(18-10)9-6-7-11(20-3)17-8-9/h6-8H,4-5H2,1-3H3,(H,16,18,19). The molecular weight excluding hydrogens is 367 g/mol. The van der Waals surface area contributed by atoms with E-state index in [0.29, 0.717) is 11.7 Å². The second-order valence-electron chi connectivity index (χ2n) is 4.25. The number of pyridine rings is 1. The van der Waals surface area contributed by atoms with Gasteiger partial charge in [-0.3, -0.25) is 0 Å². The molecule has 0 radical (unpaired) electrons. The van der Waals surface area contributed by atoms with Crippen LogP contribution in [0.3, 0.4) is 0 Å². The Labute approximate surface area is 132 Å². The molecule has 0 spiro atoms. The van der Waals surface area contributed by atoms with Crippen molar-refractivity contribution < 1.29 is 4.74 Å². The molecule has 0 unspecified atom stereocenters. The van der Waals surface area contributed by atoms with Crippen LogP contribution in [-0.4, -0.2) is 29.1 Å². The van der Waals surface area contributed by atoms with E-state index in [1.54, 1.807) is 13.3 Å². The van der Waals surface area contributed by atoms with Crippen molar-refractivity contribution in [2.24, 2.45) is 0 Å². The number of rotatable bonds is 5. The molecular formula is C14H17IN4O. The summed E-state index contributed by atoms with van der Waals surface area (Å²) in [6.45, 7) is 2.14. The minimum atomic E-state index is 0.585. The van der Waals surface area contributed by atoms with E-state index in [0.717, 1.165) is 33.5 Å². The first-order valence-corrected chi connectivity index (χ1v) is 7.52. The summed E-state index contributed by atoms with van der Waals surface area (Å²) in [4.78, 5) is 13.4. The minimum Gasteiger partial charge on any atom is -0.481 e. The van der Waals surface area contributed by atoms with Gasteiger partial charge in [-0.15, -0.1) is 0 Å². The highest BCUT2D eigenvalue weighted by Crippen LogP contribution is 2.25. The quantitative estimate of drug-likeness (QED) is 0.803. The number of nitrogens with one attached hydrogen (secondary N) is 1. The summed E-state index contributed by atoms with van der Waals surface area (Å²) in [6, 6.07) is 3.73. The molecule has 1 N–H and O–H groups in total. The van der Waals surface area contributed by atoms with Crippen LogP contribution in [0.4, 0.5) is 5.82 Å². The van der Waals surface area contributed by atoms with Gasteiger partial charge in [0.15, 0.2) is 5.82 Å². The molecule has 0 fully saturated rings. The Hall–Kier alpha value is -1.44. The van der Waals surface area contributed by atoms with E-state index >= 15 is 0 Å². The second-order valence-corrected chi connectivity index (χ2v) is 5.32. The number of methoxy groups -OCH3 is 1. The molecule has 0 aliphatic rings. The average molecular weight is 384 g/mol. The third-order valence-electron chi connectivity index (χ3n) is 2.85. The van der Waals surface area contributed by atoms with Gasteiger partial charge < -0.3 is 10.1 Å². The molecule has 0 atom stereocenters. The highest BCUT2D eigenvalue weighted by atomic mass is 127. The van der Waals surface area contributed by atoms with Crippen molar-refractivity contribution in [3.05, 3.63) is 27.6 Å². The van der Waals surface area contributed by atoms with E-state index in [4.69, 9.17) is 4.74 Å². The molecule has 0 saturated carbocycles. The highest BCUT2D eigenvalue weighted by molar-refractivity contribution is 14.1. The van der Waals surface area contributed by atoms with Crippen molar-refractivity contribution in [1.82, 2.24) is 15.0 Å². The molecule has 2 aromatic rings. The summed E-state index contributed by atoms with van der Waals surface area (Å²) in [5.74, 6) is 2.13. The van der Waals surface area contributed by atoms with Crippen LogP contribution in [0.15, 0.2) is 18.3 Å². The van der Waals surface area contributed by atoms with Gasteiger partial charge in [-0.2, -0.15) is 0 Å². The normalized spacial score (nSPS) is 10.4. The van der Waals surface area contributed by atoms with Crippen LogP contribution in [0.5, 0.6) is 5.88 Å². The lowest BCUT2D eigenvalue weighted by atomic mass is 10.2. The molecule has 6 heteroatoms. The fourth-order valence-electron chi connectivity index (χ4n) is 1.82. The average Bonchev–Trinajstić information content (AvgIpc) is 2.49. The van der Waals surface area contributed by atoms with Gasteiger partial charge in [-0.25, -0.2) is 15.0 Å². The molecule has 0 aliphatic heterocycles. The smallest absolute Gasteiger partial charge is 0.212 e. The Balaban J connectivity index is 2.46. The van der Waals surface area contributed by atoms with Crippen LogP contribution in [0.25, 0.3) is 11.4 Å². The largest absolute Gasteiger partial charge is 0.481 e. The third kappa shape index (κ3) is 3.17. The summed E-state index contributed by atoms with van der Waals surface area (Å²) in [5, 5.41) is 3.12. The van der Waals surface area contributed by atoms with Gasteiger partial charge in [0.2, 0.25) is 5.88 Å². The predicted molar refractivity (Wildman–Crippen MR) is 88.1 cm³/mol. The lowest BCUT2D eigenvalue weighted by Crippen LogP contribution is -2.05. The van der Waals surface area contributed by atoms with Crippen LogP contribution in [0, 0.1) is 3.57 Å². The van der Waals surface area contributed by atoms with Gasteiger partial charge in [0.1, 0.15) is 5.82 Å². The summed E-state index contributed by atoms with van der Waals surface area (Å²) < 4.78 is 6.15. The van der Waals surface area contributed by atoms with Gasteiger partial charge in [-0.05, 0) is 35.1 Å². The lowest BCUT2D eigenvalue weighted by Gasteiger charge is -2.10. The number of aromatic nitrogens is 3. The monoisotopic (exact) mass is 384 g/mol. The van der Waals surface area contributed by atoms with E-state index in [2.05, 4.69) is 49.8 Å². The summed E-state index contributed by atoms with van der Waals surface area (Å²) in [7, 11) is 3.47. The molecule has 20 heavy (non-hydrogen) atoms. The fourth-order valence-corrected chi connectivity index (χ4v) is 2.60. The Kier molecular flexibility index (Phi) is 5.11. The van der Waals surface area contributed by atoms with Crippen LogP contribution >= 0.6 is 22.6 Å². The molecule has 0 amide bonds. The molecule has 0 aromatic carbocycles. The number of hydrogen-bond acceptors (Lipinski definition) is 5. The zero-order valence-electron chi connectivity index (χ0n) is 11.8. The third-order valence-corrected chi connectivity index (χ3v) is 3.98. The van der Waals surface area contributed by atoms with Gasteiger partial charge in [0, 0.05) is 24.9 Å². The Morgan fingerprint density at radius 2 is 2.10 bits per heavy atom. The summed E-state index contributed by atoms with van der Waals surface area (Å²) in [5.41, 5.74) is 1.95. The maximum absolute atomic E-state index is 5.07. The van der Waals surface area contributed by atoms with Crippen LogP contribution in [-0.2, 0) is 6.42 Å². The van der Waals surface area contributed by atoms with E-state index < -0.39 is 0 Å². The first-order valence-electron chi connectivity index (χ1n) is 6.44. The maximum Gasteiger partial charge on any atom is 0.212 e. The lowest BCUT2D eigenvalue weighted by molar-refractivity contribution is 0.398. The van der Waals surface area contributed by atoms with Crippen molar-refractivity contribution in [3.8, 4) is 17.3 Å². The summed E-state index contributed by atoms with van der Waals surface area (Å²) >= 11 is 2.29.